The Bertz CT molecular complexity index is 180. The molecule has 0 aliphatic carbocycles. The van der Waals surface area contributed by atoms with E-state index in [0.717, 1.165) is 25.9 Å². The Morgan fingerprint density at radius 3 is 2.79 bits per heavy atom. The van der Waals surface area contributed by atoms with Crippen LogP contribution in [0.2, 0.25) is 0 Å². The molecule has 0 spiro atoms. The topological polar surface area (TPSA) is 32.3 Å². The second-order valence-corrected chi connectivity index (χ2v) is 3.09. The number of hydrogen-bond acceptors (Lipinski definition) is 2. The quantitative estimate of drug-likeness (QED) is 0.695. The Balaban J connectivity index is 0.000000791. The van der Waals surface area contributed by atoms with Crippen LogP contribution in [0.5, 0.6) is 0 Å². The fourth-order valence-electron chi connectivity index (χ4n) is 1.69. The number of likely N-dealkylation sites (N-methyl/N-ethyl adjacent to an activating group) is 1. The summed E-state index contributed by atoms with van der Waals surface area (Å²) in [5, 5.41) is 3.09. The molecule has 0 aromatic carbocycles. The van der Waals surface area contributed by atoms with Crippen molar-refractivity contribution in [1.29, 1.82) is 0 Å². The lowest BCUT2D eigenvalue weighted by Crippen LogP contribution is -2.39. The van der Waals surface area contributed by atoms with E-state index in [4.69, 9.17) is 0 Å². The van der Waals surface area contributed by atoms with Crippen LogP contribution >= 0.6 is 0 Å². The lowest BCUT2D eigenvalue weighted by atomic mass is 10.2. The molecule has 1 amide bonds. The fraction of sp³-hybridized carbons (Fsp3) is 0.727. The van der Waals surface area contributed by atoms with Gasteiger partial charge in [-0.25, -0.2) is 0 Å². The monoisotopic (exact) mass is 198 g/mol. The highest BCUT2D eigenvalue weighted by Crippen LogP contribution is 2.16. The molecular weight excluding hydrogens is 176 g/mol. The van der Waals surface area contributed by atoms with E-state index in [2.05, 4.69) is 11.9 Å². The van der Waals surface area contributed by atoms with Crippen molar-refractivity contribution in [1.82, 2.24) is 10.2 Å². The van der Waals surface area contributed by atoms with Gasteiger partial charge >= 0.3 is 0 Å². The van der Waals surface area contributed by atoms with Gasteiger partial charge in [-0.2, -0.15) is 0 Å². The first kappa shape index (κ1) is 13.2. The third-order valence-electron chi connectivity index (χ3n) is 2.27. The fourth-order valence-corrected chi connectivity index (χ4v) is 1.69. The second kappa shape index (κ2) is 7.56. The number of likely N-dealkylation sites (tertiary alicyclic amines) is 1. The van der Waals surface area contributed by atoms with Crippen LogP contribution in [-0.4, -0.2) is 37.0 Å². The molecule has 1 aliphatic rings. The molecule has 0 radical (unpaired) electrons. The molecule has 1 N–H and O–H groups in total. The van der Waals surface area contributed by atoms with E-state index >= 15 is 0 Å². The number of rotatable bonds is 3. The van der Waals surface area contributed by atoms with Crippen LogP contribution in [0.4, 0.5) is 0 Å². The molecule has 0 saturated carbocycles. The van der Waals surface area contributed by atoms with Gasteiger partial charge in [0.2, 0.25) is 5.91 Å². The smallest absolute Gasteiger partial charge is 0.246 e. The summed E-state index contributed by atoms with van der Waals surface area (Å²) in [6.07, 6.45) is 3.63. The molecule has 1 fully saturated rings. The Labute approximate surface area is 87.2 Å². The molecular formula is C11H22N2O. The van der Waals surface area contributed by atoms with E-state index in [0.29, 0.717) is 6.04 Å². The summed E-state index contributed by atoms with van der Waals surface area (Å²) in [4.78, 5) is 13.2. The molecule has 1 unspecified atom stereocenters. The van der Waals surface area contributed by atoms with Gasteiger partial charge in [-0.15, -0.1) is 0 Å². The average Bonchev–Trinajstić information content (AvgIpc) is 2.69. The van der Waals surface area contributed by atoms with Gasteiger partial charge in [-0.3, -0.25) is 4.79 Å². The Kier molecular flexibility index (Phi) is 7.11. The largest absolute Gasteiger partial charge is 0.335 e. The van der Waals surface area contributed by atoms with Crippen molar-refractivity contribution in [2.45, 2.75) is 32.7 Å². The number of nitrogens with zero attached hydrogens (tertiary/aromatic N) is 1. The minimum atomic E-state index is 0.0627. The summed E-state index contributed by atoms with van der Waals surface area (Å²) in [6, 6.07) is 0.375. The van der Waals surface area contributed by atoms with Crippen molar-refractivity contribution in [3.63, 3.8) is 0 Å². The molecule has 1 rings (SSSR count). The van der Waals surface area contributed by atoms with E-state index in [1.807, 2.05) is 25.8 Å². The first-order valence-corrected chi connectivity index (χ1v) is 5.37. The first-order chi connectivity index (χ1) is 6.79. The molecule has 14 heavy (non-hydrogen) atoms. The maximum absolute atomic E-state index is 11.3. The molecule has 1 saturated heterocycles. The number of carbonyl (C=O) groups excluding carboxylic acids is 1. The standard InChI is InChI=1S/C9H16N2O.C2H6/c1-3-9(12)11-6-4-5-8(11)7-10-2;1-2/h3,8,10H,1,4-7H2,2H3;1-2H3. The van der Waals surface area contributed by atoms with Gasteiger partial charge < -0.3 is 10.2 Å². The van der Waals surface area contributed by atoms with Gasteiger partial charge in [0.1, 0.15) is 0 Å². The van der Waals surface area contributed by atoms with E-state index in [-0.39, 0.29) is 5.91 Å². The van der Waals surface area contributed by atoms with E-state index < -0.39 is 0 Å². The number of carbonyl (C=O) groups is 1. The predicted octanol–water partition coefficient (Wildman–Crippen LogP) is 1.41. The van der Waals surface area contributed by atoms with E-state index in [1.165, 1.54) is 6.08 Å². The van der Waals surface area contributed by atoms with Crippen LogP contribution in [0.1, 0.15) is 26.7 Å². The van der Waals surface area contributed by atoms with Crippen molar-refractivity contribution in [3.05, 3.63) is 12.7 Å². The number of nitrogens with one attached hydrogen (secondary N) is 1. The summed E-state index contributed by atoms with van der Waals surface area (Å²) < 4.78 is 0. The molecule has 0 aromatic rings. The summed E-state index contributed by atoms with van der Waals surface area (Å²) in [5.74, 6) is 0.0627. The Morgan fingerprint density at radius 2 is 2.29 bits per heavy atom. The summed E-state index contributed by atoms with van der Waals surface area (Å²) in [6.45, 7) is 9.26. The van der Waals surface area contributed by atoms with Crippen molar-refractivity contribution < 1.29 is 4.79 Å². The van der Waals surface area contributed by atoms with Crippen molar-refractivity contribution in [2.24, 2.45) is 0 Å². The SMILES string of the molecule is C=CC(=O)N1CCCC1CNC.CC. The molecule has 0 aromatic heterocycles. The zero-order chi connectivity index (χ0) is 11.0. The number of hydrogen-bond donors (Lipinski definition) is 1. The first-order valence-electron chi connectivity index (χ1n) is 5.37. The predicted molar refractivity (Wildman–Crippen MR) is 60.2 cm³/mol. The zero-order valence-corrected chi connectivity index (χ0v) is 9.55. The summed E-state index contributed by atoms with van der Waals surface area (Å²) in [7, 11) is 1.91. The van der Waals surface area contributed by atoms with Gasteiger partial charge in [0.15, 0.2) is 0 Å². The van der Waals surface area contributed by atoms with Crippen LogP contribution in [0, 0.1) is 0 Å². The Hall–Kier alpha value is -0.830. The third kappa shape index (κ3) is 3.50. The highest BCUT2D eigenvalue weighted by Gasteiger charge is 2.25. The summed E-state index contributed by atoms with van der Waals surface area (Å²) in [5.41, 5.74) is 0. The highest BCUT2D eigenvalue weighted by atomic mass is 16.2. The van der Waals surface area contributed by atoms with Crippen LogP contribution in [0.25, 0.3) is 0 Å². The van der Waals surface area contributed by atoms with Gasteiger partial charge in [-0.05, 0) is 26.0 Å². The van der Waals surface area contributed by atoms with E-state index in [9.17, 15) is 4.79 Å². The van der Waals surface area contributed by atoms with Crippen molar-refractivity contribution in [2.75, 3.05) is 20.1 Å². The van der Waals surface area contributed by atoms with Gasteiger partial charge in [0, 0.05) is 19.1 Å². The maximum Gasteiger partial charge on any atom is 0.246 e. The summed E-state index contributed by atoms with van der Waals surface area (Å²) >= 11 is 0. The zero-order valence-electron chi connectivity index (χ0n) is 9.55. The van der Waals surface area contributed by atoms with Crippen LogP contribution < -0.4 is 5.32 Å². The molecule has 3 nitrogen and oxygen atoms in total. The van der Waals surface area contributed by atoms with Crippen molar-refractivity contribution in [3.8, 4) is 0 Å². The molecule has 0 bridgehead atoms. The normalized spacial score (nSPS) is 19.9. The molecule has 1 heterocycles. The molecule has 3 heteroatoms. The van der Waals surface area contributed by atoms with Crippen molar-refractivity contribution >= 4 is 5.91 Å². The lowest BCUT2D eigenvalue weighted by Gasteiger charge is -2.22. The Morgan fingerprint density at radius 1 is 1.64 bits per heavy atom. The van der Waals surface area contributed by atoms with E-state index in [1.54, 1.807) is 0 Å². The van der Waals surface area contributed by atoms with Crippen LogP contribution in [-0.2, 0) is 4.79 Å². The van der Waals surface area contributed by atoms with Gasteiger partial charge in [0.05, 0.1) is 0 Å². The molecule has 82 valence electrons. The minimum absolute atomic E-state index is 0.0627. The maximum atomic E-state index is 11.3. The average molecular weight is 198 g/mol. The lowest BCUT2D eigenvalue weighted by molar-refractivity contribution is -0.126. The molecule has 1 aliphatic heterocycles. The van der Waals surface area contributed by atoms with Gasteiger partial charge in [-0.1, -0.05) is 20.4 Å². The second-order valence-electron chi connectivity index (χ2n) is 3.09. The highest BCUT2D eigenvalue weighted by molar-refractivity contribution is 5.87. The van der Waals surface area contributed by atoms with Gasteiger partial charge in [0.25, 0.3) is 0 Å². The van der Waals surface area contributed by atoms with Crippen LogP contribution in [0.3, 0.4) is 0 Å². The number of amides is 1. The third-order valence-corrected chi connectivity index (χ3v) is 2.27. The van der Waals surface area contributed by atoms with Crippen LogP contribution in [0.15, 0.2) is 12.7 Å². The molecule has 1 atom stereocenters. The minimum Gasteiger partial charge on any atom is -0.335 e.